The van der Waals surface area contributed by atoms with E-state index in [1.807, 2.05) is 19.1 Å². The summed E-state index contributed by atoms with van der Waals surface area (Å²) in [5.74, 6) is -0.579. The molecule has 0 spiro atoms. The zero-order valence-corrected chi connectivity index (χ0v) is 18.1. The molecule has 2 heterocycles. The quantitative estimate of drug-likeness (QED) is 0.369. The van der Waals surface area contributed by atoms with E-state index in [-0.39, 0.29) is 17.2 Å². The molecule has 32 heavy (non-hydrogen) atoms. The summed E-state index contributed by atoms with van der Waals surface area (Å²) in [5, 5.41) is 15.1. The van der Waals surface area contributed by atoms with Gasteiger partial charge in [0.15, 0.2) is 17.3 Å². The normalized spacial score (nSPS) is 17.6. The lowest BCUT2D eigenvalue weighted by atomic mass is 9.94. The first kappa shape index (κ1) is 21.2. The van der Waals surface area contributed by atoms with Crippen molar-refractivity contribution >= 4 is 23.3 Å². The van der Waals surface area contributed by atoms with Crippen molar-refractivity contribution in [3.05, 3.63) is 76.6 Å². The number of aliphatic hydroxyl groups is 1. The van der Waals surface area contributed by atoms with Gasteiger partial charge in [0.05, 0.1) is 19.8 Å². The van der Waals surface area contributed by atoms with Crippen LogP contribution in [0.5, 0.6) is 11.5 Å². The molecule has 8 heteroatoms. The summed E-state index contributed by atoms with van der Waals surface area (Å²) in [6.07, 6.45) is 0. The van der Waals surface area contributed by atoms with Gasteiger partial charge in [0, 0.05) is 17.2 Å². The third-order valence-corrected chi connectivity index (χ3v) is 5.36. The first-order valence-corrected chi connectivity index (χ1v) is 9.89. The van der Waals surface area contributed by atoms with Crippen LogP contribution in [0.25, 0.3) is 5.76 Å². The van der Waals surface area contributed by atoms with Crippen LogP contribution in [0, 0.1) is 13.8 Å². The van der Waals surface area contributed by atoms with E-state index >= 15 is 0 Å². The number of rotatable bonds is 5. The second-order valence-corrected chi connectivity index (χ2v) is 7.41. The van der Waals surface area contributed by atoms with Crippen molar-refractivity contribution < 1.29 is 28.7 Å². The molecule has 1 fully saturated rings. The fraction of sp³-hybridized carbons (Fsp3) is 0.208. The number of anilines is 1. The summed E-state index contributed by atoms with van der Waals surface area (Å²) in [7, 11) is 2.96. The van der Waals surface area contributed by atoms with Crippen LogP contribution in [0.4, 0.5) is 5.82 Å². The van der Waals surface area contributed by atoms with Crippen molar-refractivity contribution in [3.8, 4) is 11.5 Å². The van der Waals surface area contributed by atoms with Crippen LogP contribution in [0.15, 0.2) is 58.6 Å². The van der Waals surface area contributed by atoms with Crippen LogP contribution in [-0.2, 0) is 9.59 Å². The highest BCUT2D eigenvalue weighted by atomic mass is 16.5. The summed E-state index contributed by atoms with van der Waals surface area (Å²) < 4.78 is 16.1. The minimum atomic E-state index is -1.01. The minimum Gasteiger partial charge on any atom is -0.507 e. The molecule has 0 saturated carbocycles. The lowest BCUT2D eigenvalue weighted by Crippen LogP contribution is -2.30. The van der Waals surface area contributed by atoms with Gasteiger partial charge in [-0.1, -0.05) is 47.1 Å². The molecule has 164 valence electrons. The fourth-order valence-electron chi connectivity index (χ4n) is 3.82. The molecule has 1 aliphatic rings. The number of aryl methyl sites for hydroxylation is 2. The number of nitrogens with zero attached hydrogens (tertiary/aromatic N) is 2. The van der Waals surface area contributed by atoms with E-state index in [9.17, 15) is 14.7 Å². The first-order valence-electron chi connectivity index (χ1n) is 9.89. The highest BCUT2D eigenvalue weighted by Crippen LogP contribution is 2.46. The first-order chi connectivity index (χ1) is 15.4. The number of ketones is 1. The average molecular weight is 434 g/mol. The molecule has 1 aromatic heterocycles. The summed E-state index contributed by atoms with van der Waals surface area (Å²) >= 11 is 0. The SMILES string of the molecule is COc1cccc([C@@H]2/C(=C(\O)c3ccc(C)cc3)C(=O)C(=O)N2c2cc(C)on2)c1OC. The molecular weight excluding hydrogens is 412 g/mol. The Bertz CT molecular complexity index is 1230. The number of carbonyl (C=O) groups excluding carboxylic acids is 2. The van der Waals surface area contributed by atoms with Crippen molar-refractivity contribution in [1.82, 2.24) is 5.16 Å². The number of carbonyl (C=O) groups is 2. The number of amides is 1. The Hall–Kier alpha value is -4.07. The third-order valence-electron chi connectivity index (χ3n) is 5.36. The van der Waals surface area contributed by atoms with Crippen LogP contribution < -0.4 is 14.4 Å². The maximum Gasteiger partial charge on any atom is 0.301 e. The Balaban J connectivity index is 2.01. The number of hydrogen-bond acceptors (Lipinski definition) is 7. The maximum absolute atomic E-state index is 13.2. The minimum absolute atomic E-state index is 0.0777. The van der Waals surface area contributed by atoms with Gasteiger partial charge in [-0.25, -0.2) is 0 Å². The summed E-state index contributed by atoms with van der Waals surface area (Å²) in [6, 6.07) is 12.7. The molecule has 1 aliphatic heterocycles. The number of aliphatic hydroxyl groups excluding tert-OH is 1. The monoisotopic (exact) mass is 434 g/mol. The summed E-state index contributed by atoms with van der Waals surface area (Å²) in [5.41, 5.74) is 1.79. The molecule has 2 aromatic carbocycles. The largest absolute Gasteiger partial charge is 0.507 e. The Labute approximate surface area is 184 Å². The van der Waals surface area contributed by atoms with Gasteiger partial charge in [0.25, 0.3) is 5.78 Å². The van der Waals surface area contributed by atoms with Gasteiger partial charge in [-0.3, -0.25) is 14.5 Å². The number of para-hydroxylation sites is 1. The van der Waals surface area contributed by atoms with Crippen LogP contribution >= 0.6 is 0 Å². The van der Waals surface area contributed by atoms with Crippen molar-refractivity contribution in [1.29, 1.82) is 0 Å². The van der Waals surface area contributed by atoms with Gasteiger partial charge >= 0.3 is 5.91 Å². The number of ether oxygens (including phenoxy) is 2. The molecule has 0 aliphatic carbocycles. The van der Waals surface area contributed by atoms with Crippen molar-refractivity contribution in [2.24, 2.45) is 0 Å². The molecular formula is C24H22N2O6. The molecule has 0 bridgehead atoms. The molecule has 0 radical (unpaired) electrons. The van der Waals surface area contributed by atoms with E-state index < -0.39 is 17.7 Å². The summed E-state index contributed by atoms with van der Waals surface area (Å²) in [6.45, 7) is 3.59. The van der Waals surface area contributed by atoms with Crippen molar-refractivity contribution in [2.45, 2.75) is 19.9 Å². The molecule has 4 rings (SSSR count). The lowest BCUT2D eigenvalue weighted by molar-refractivity contribution is -0.132. The molecule has 1 saturated heterocycles. The van der Waals surface area contributed by atoms with Crippen LogP contribution in [-0.4, -0.2) is 36.2 Å². The number of hydrogen-bond donors (Lipinski definition) is 1. The highest BCUT2D eigenvalue weighted by molar-refractivity contribution is 6.51. The standard InChI is InChI=1S/C24H22N2O6/c1-13-8-10-15(11-9-13)21(27)19-20(16-6-5-7-17(30-3)23(16)31-4)26(24(29)22(19)28)18-12-14(2)32-25-18/h5-12,20,27H,1-4H3/b21-19+/t20-/m1/s1. The van der Waals surface area contributed by atoms with Crippen LogP contribution in [0.1, 0.15) is 28.5 Å². The molecule has 0 unspecified atom stereocenters. The number of Topliss-reactive ketones (excluding diaryl/α,β-unsaturated/α-hetero) is 1. The highest BCUT2D eigenvalue weighted by Gasteiger charge is 2.49. The fourth-order valence-corrected chi connectivity index (χ4v) is 3.82. The van der Waals surface area contributed by atoms with Crippen molar-refractivity contribution in [2.75, 3.05) is 19.1 Å². The van der Waals surface area contributed by atoms with E-state index in [4.69, 9.17) is 14.0 Å². The Morgan fingerprint density at radius 3 is 2.38 bits per heavy atom. The number of benzene rings is 2. The second kappa shape index (κ2) is 8.22. The van der Waals surface area contributed by atoms with Crippen LogP contribution in [0.3, 0.4) is 0 Å². The van der Waals surface area contributed by atoms with Gasteiger partial charge in [-0.2, -0.15) is 0 Å². The van der Waals surface area contributed by atoms with Crippen molar-refractivity contribution in [3.63, 3.8) is 0 Å². The lowest BCUT2D eigenvalue weighted by Gasteiger charge is -2.25. The van der Waals surface area contributed by atoms with E-state index in [1.54, 1.807) is 43.3 Å². The zero-order valence-electron chi connectivity index (χ0n) is 18.1. The predicted octanol–water partition coefficient (Wildman–Crippen LogP) is 3.93. The molecule has 8 nitrogen and oxygen atoms in total. The van der Waals surface area contributed by atoms with E-state index in [2.05, 4.69) is 5.16 Å². The smallest absolute Gasteiger partial charge is 0.301 e. The van der Waals surface area contributed by atoms with Gasteiger partial charge in [-0.05, 0) is 19.9 Å². The number of aromatic nitrogens is 1. The average Bonchev–Trinajstić information content (AvgIpc) is 3.33. The zero-order chi connectivity index (χ0) is 23.0. The Morgan fingerprint density at radius 1 is 1.06 bits per heavy atom. The van der Waals surface area contributed by atoms with Gasteiger partial charge in [0.1, 0.15) is 17.6 Å². The van der Waals surface area contributed by atoms with Gasteiger partial charge in [-0.15, -0.1) is 0 Å². The maximum atomic E-state index is 13.2. The van der Waals surface area contributed by atoms with E-state index in [1.165, 1.54) is 19.1 Å². The second-order valence-electron chi connectivity index (χ2n) is 7.41. The third kappa shape index (κ3) is 3.39. The summed E-state index contributed by atoms with van der Waals surface area (Å²) in [4.78, 5) is 27.5. The molecule has 1 amide bonds. The topological polar surface area (TPSA) is 102 Å². The molecule has 1 atom stereocenters. The van der Waals surface area contributed by atoms with Crippen LogP contribution in [0.2, 0.25) is 0 Å². The van der Waals surface area contributed by atoms with Gasteiger partial charge < -0.3 is 19.1 Å². The Kier molecular flexibility index (Phi) is 5.44. The molecule has 1 N–H and O–H groups in total. The van der Waals surface area contributed by atoms with Gasteiger partial charge in [0.2, 0.25) is 0 Å². The molecule has 3 aromatic rings. The Morgan fingerprint density at radius 2 is 1.78 bits per heavy atom. The predicted molar refractivity (Wildman–Crippen MR) is 117 cm³/mol. The number of methoxy groups -OCH3 is 2. The van der Waals surface area contributed by atoms with E-state index in [0.717, 1.165) is 5.56 Å². The van der Waals surface area contributed by atoms with E-state index in [0.29, 0.717) is 28.4 Å².